The summed E-state index contributed by atoms with van der Waals surface area (Å²) in [6.45, 7) is 7.39. The van der Waals surface area contributed by atoms with Gasteiger partial charge in [0.15, 0.2) is 5.82 Å². The van der Waals surface area contributed by atoms with Crippen molar-refractivity contribution in [3.63, 3.8) is 0 Å². The predicted octanol–water partition coefficient (Wildman–Crippen LogP) is 1.84. The average molecular weight is 292 g/mol. The molecule has 2 aromatic heterocycles. The van der Waals surface area contributed by atoms with Gasteiger partial charge in [0.1, 0.15) is 5.52 Å². The summed E-state index contributed by atoms with van der Waals surface area (Å²) in [6.07, 6.45) is 3.71. The third kappa shape index (κ3) is 3.92. The van der Waals surface area contributed by atoms with E-state index in [0.29, 0.717) is 19.6 Å². The number of nitrogens with zero attached hydrogens (tertiary/aromatic N) is 3. The molecule has 0 saturated heterocycles. The van der Waals surface area contributed by atoms with Crippen molar-refractivity contribution in [2.75, 3.05) is 25.6 Å². The molecule has 0 fully saturated rings. The molecule has 2 N–H and O–H groups in total. The van der Waals surface area contributed by atoms with Crippen molar-refractivity contribution in [2.45, 2.75) is 38.7 Å². The van der Waals surface area contributed by atoms with Crippen LogP contribution in [0.2, 0.25) is 0 Å². The molecule has 1 atom stereocenters. The summed E-state index contributed by atoms with van der Waals surface area (Å²) < 4.78 is 6.74. The number of aliphatic hydroxyl groups excluding tert-OH is 1. The van der Waals surface area contributed by atoms with Crippen molar-refractivity contribution in [3.05, 3.63) is 24.2 Å². The Kier molecular flexibility index (Phi) is 4.80. The van der Waals surface area contributed by atoms with Gasteiger partial charge in [0, 0.05) is 31.5 Å². The molecule has 0 aromatic carbocycles. The Morgan fingerprint density at radius 2 is 2.19 bits per heavy atom. The fourth-order valence-corrected chi connectivity index (χ4v) is 2.06. The van der Waals surface area contributed by atoms with Crippen molar-refractivity contribution in [1.82, 2.24) is 14.6 Å². The molecule has 116 valence electrons. The standard InChI is InChI=1S/C15H24N4O2/c1-15(2,3)13-9-12-14(17-7-8-19(12)18-13)16-6-5-11(20)10-21-4/h7-9,11,20H,5-6,10H2,1-4H3,(H,16,17). The van der Waals surface area contributed by atoms with E-state index in [1.54, 1.807) is 13.3 Å². The molecule has 2 heterocycles. The van der Waals surface area contributed by atoms with Gasteiger partial charge in [0.2, 0.25) is 0 Å². The quantitative estimate of drug-likeness (QED) is 0.850. The molecule has 2 aromatic rings. The fourth-order valence-electron chi connectivity index (χ4n) is 2.06. The van der Waals surface area contributed by atoms with Crippen LogP contribution in [0.5, 0.6) is 0 Å². The highest BCUT2D eigenvalue weighted by atomic mass is 16.5. The van der Waals surface area contributed by atoms with Crippen molar-refractivity contribution in [2.24, 2.45) is 0 Å². The molecular weight excluding hydrogens is 268 g/mol. The lowest BCUT2D eigenvalue weighted by molar-refractivity contribution is 0.0615. The Hall–Kier alpha value is -1.66. The van der Waals surface area contributed by atoms with E-state index in [4.69, 9.17) is 4.74 Å². The van der Waals surface area contributed by atoms with Crippen LogP contribution in [0.4, 0.5) is 5.82 Å². The molecule has 1 unspecified atom stereocenters. The minimum absolute atomic E-state index is 0.00203. The zero-order chi connectivity index (χ0) is 15.5. The highest BCUT2D eigenvalue weighted by Crippen LogP contribution is 2.24. The third-order valence-corrected chi connectivity index (χ3v) is 3.29. The van der Waals surface area contributed by atoms with Crippen LogP contribution in [0.3, 0.4) is 0 Å². The van der Waals surface area contributed by atoms with Crippen LogP contribution in [0.15, 0.2) is 18.5 Å². The van der Waals surface area contributed by atoms with E-state index in [1.807, 2.05) is 10.7 Å². The van der Waals surface area contributed by atoms with E-state index >= 15 is 0 Å². The first kappa shape index (κ1) is 15.7. The molecule has 6 nitrogen and oxygen atoms in total. The molecule has 0 saturated carbocycles. The van der Waals surface area contributed by atoms with Gasteiger partial charge in [-0.25, -0.2) is 9.50 Å². The maximum atomic E-state index is 9.65. The molecule has 2 rings (SSSR count). The van der Waals surface area contributed by atoms with Gasteiger partial charge >= 0.3 is 0 Å². The number of aliphatic hydroxyl groups is 1. The van der Waals surface area contributed by atoms with Crippen LogP contribution in [-0.2, 0) is 10.2 Å². The summed E-state index contributed by atoms with van der Waals surface area (Å²) in [5.41, 5.74) is 1.97. The van der Waals surface area contributed by atoms with E-state index < -0.39 is 6.10 Å². The molecule has 0 radical (unpaired) electrons. The summed E-state index contributed by atoms with van der Waals surface area (Å²) in [5, 5.41) is 17.5. The normalized spacial score (nSPS) is 13.6. The van der Waals surface area contributed by atoms with Crippen LogP contribution >= 0.6 is 0 Å². The molecule has 0 amide bonds. The largest absolute Gasteiger partial charge is 0.391 e. The van der Waals surface area contributed by atoms with Gasteiger partial charge in [0.25, 0.3) is 0 Å². The number of anilines is 1. The van der Waals surface area contributed by atoms with Gasteiger partial charge in [0.05, 0.1) is 18.4 Å². The van der Waals surface area contributed by atoms with Crippen LogP contribution in [0.1, 0.15) is 32.9 Å². The zero-order valence-corrected chi connectivity index (χ0v) is 13.1. The maximum absolute atomic E-state index is 9.65. The smallest absolute Gasteiger partial charge is 0.152 e. The summed E-state index contributed by atoms with van der Waals surface area (Å²) in [7, 11) is 1.58. The maximum Gasteiger partial charge on any atom is 0.152 e. The summed E-state index contributed by atoms with van der Waals surface area (Å²) in [6, 6.07) is 2.06. The number of hydrogen-bond donors (Lipinski definition) is 2. The lowest BCUT2D eigenvalue weighted by atomic mass is 9.92. The SMILES string of the molecule is COCC(O)CCNc1nccn2nc(C(C)(C)C)cc12. The molecule has 0 spiro atoms. The van der Waals surface area contributed by atoms with E-state index in [2.05, 4.69) is 42.2 Å². The first-order valence-electron chi connectivity index (χ1n) is 7.17. The first-order chi connectivity index (χ1) is 9.91. The van der Waals surface area contributed by atoms with Gasteiger partial charge in [-0.05, 0) is 12.5 Å². The van der Waals surface area contributed by atoms with Crippen molar-refractivity contribution in [1.29, 1.82) is 0 Å². The number of hydrogen-bond acceptors (Lipinski definition) is 5. The van der Waals surface area contributed by atoms with Gasteiger partial charge in [-0.1, -0.05) is 20.8 Å². The predicted molar refractivity (Wildman–Crippen MR) is 82.7 cm³/mol. The number of ether oxygens (including phenoxy) is 1. The van der Waals surface area contributed by atoms with Crippen LogP contribution in [0.25, 0.3) is 5.52 Å². The average Bonchev–Trinajstić information content (AvgIpc) is 2.84. The Bertz CT molecular complexity index is 589. The number of nitrogens with one attached hydrogen (secondary N) is 1. The zero-order valence-electron chi connectivity index (χ0n) is 13.1. The van der Waals surface area contributed by atoms with Crippen molar-refractivity contribution < 1.29 is 9.84 Å². The molecule has 0 aliphatic rings. The summed E-state index contributed by atoms with van der Waals surface area (Å²) in [4.78, 5) is 4.36. The number of aromatic nitrogens is 3. The Morgan fingerprint density at radius 1 is 1.43 bits per heavy atom. The second-order valence-corrected chi connectivity index (χ2v) is 6.21. The molecule has 0 bridgehead atoms. The molecule has 0 aliphatic carbocycles. The fraction of sp³-hybridized carbons (Fsp3) is 0.600. The molecular formula is C15H24N4O2. The van der Waals surface area contributed by atoms with E-state index in [0.717, 1.165) is 17.0 Å². The topological polar surface area (TPSA) is 71.7 Å². The Labute approximate surface area is 125 Å². The Morgan fingerprint density at radius 3 is 2.86 bits per heavy atom. The minimum Gasteiger partial charge on any atom is -0.391 e. The summed E-state index contributed by atoms with van der Waals surface area (Å²) in [5.74, 6) is 0.783. The summed E-state index contributed by atoms with van der Waals surface area (Å²) >= 11 is 0. The van der Waals surface area contributed by atoms with Gasteiger partial charge in [-0.3, -0.25) is 0 Å². The van der Waals surface area contributed by atoms with Crippen LogP contribution in [0, 0.1) is 0 Å². The highest BCUT2D eigenvalue weighted by Gasteiger charge is 2.19. The number of fused-ring (bicyclic) bond motifs is 1. The monoisotopic (exact) mass is 292 g/mol. The lowest BCUT2D eigenvalue weighted by Gasteiger charge is -2.13. The number of rotatable bonds is 6. The molecule has 21 heavy (non-hydrogen) atoms. The molecule has 6 heteroatoms. The van der Waals surface area contributed by atoms with E-state index in [9.17, 15) is 5.11 Å². The van der Waals surface area contributed by atoms with Crippen molar-refractivity contribution in [3.8, 4) is 0 Å². The van der Waals surface area contributed by atoms with Gasteiger partial charge in [-0.15, -0.1) is 0 Å². The highest BCUT2D eigenvalue weighted by molar-refractivity contribution is 5.68. The van der Waals surface area contributed by atoms with Gasteiger partial charge < -0.3 is 15.2 Å². The van der Waals surface area contributed by atoms with Crippen molar-refractivity contribution >= 4 is 11.3 Å². The number of methoxy groups -OCH3 is 1. The van der Waals surface area contributed by atoms with Crippen LogP contribution in [-0.4, -0.2) is 46.1 Å². The lowest BCUT2D eigenvalue weighted by Crippen LogP contribution is -2.18. The van der Waals surface area contributed by atoms with E-state index in [1.165, 1.54) is 0 Å². The second kappa shape index (κ2) is 6.41. The Balaban J connectivity index is 2.11. The first-order valence-corrected chi connectivity index (χ1v) is 7.17. The van der Waals surface area contributed by atoms with Gasteiger partial charge in [-0.2, -0.15) is 5.10 Å². The minimum atomic E-state index is -0.461. The third-order valence-electron chi connectivity index (χ3n) is 3.29. The van der Waals surface area contributed by atoms with Crippen LogP contribution < -0.4 is 5.32 Å². The molecule has 0 aliphatic heterocycles. The second-order valence-electron chi connectivity index (χ2n) is 6.21. The van der Waals surface area contributed by atoms with E-state index in [-0.39, 0.29) is 5.41 Å².